The lowest BCUT2D eigenvalue weighted by atomic mass is 10.00. The van der Waals surface area contributed by atoms with Gasteiger partial charge in [-0.3, -0.25) is 0 Å². The minimum absolute atomic E-state index is 0.218. The summed E-state index contributed by atoms with van der Waals surface area (Å²) in [4.78, 5) is 0. The number of nitrogen functional groups attached to an aromatic ring is 1. The topological polar surface area (TPSA) is 66.5 Å². The minimum Gasteiger partial charge on any atom is -0.508 e. The molecular formula is C14H14BrNO2. The summed E-state index contributed by atoms with van der Waals surface area (Å²) in [6.45, 7) is 0. The fourth-order valence-corrected chi connectivity index (χ4v) is 2.18. The summed E-state index contributed by atoms with van der Waals surface area (Å²) in [6, 6.07) is 12.2. The third-order valence-electron chi connectivity index (χ3n) is 2.77. The molecule has 1 atom stereocenters. The molecule has 0 aliphatic rings. The normalized spacial score (nSPS) is 12.3. The fourth-order valence-electron chi connectivity index (χ4n) is 1.80. The standard InChI is InChI=1S/C14H14BrNO2/c15-10-3-6-13(16)12(8-10)14(18)7-9-1-4-11(17)5-2-9/h1-6,8,14,17-18H,7,16H2. The van der Waals surface area contributed by atoms with Crippen LogP contribution in [0.1, 0.15) is 17.2 Å². The van der Waals surface area contributed by atoms with Crippen LogP contribution in [0.5, 0.6) is 5.75 Å². The van der Waals surface area contributed by atoms with E-state index >= 15 is 0 Å². The molecule has 0 aliphatic carbocycles. The summed E-state index contributed by atoms with van der Waals surface area (Å²) in [5, 5.41) is 19.4. The van der Waals surface area contributed by atoms with Gasteiger partial charge < -0.3 is 15.9 Å². The van der Waals surface area contributed by atoms with E-state index in [0.29, 0.717) is 17.7 Å². The maximum Gasteiger partial charge on any atom is 0.115 e. The highest BCUT2D eigenvalue weighted by atomic mass is 79.9. The second kappa shape index (κ2) is 5.42. The lowest BCUT2D eigenvalue weighted by Crippen LogP contribution is -2.05. The predicted molar refractivity (Wildman–Crippen MR) is 75.3 cm³/mol. The average molecular weight is 308 g/mol. The number of hydrogen-bond acceptors (Lipinski definition) is 3. The molecule has 0 saturated heterocycles. The third-order valence-corrected chi connectivity index (χ3v) is 3.27. The highest BCUT2D eigenvalue weighted by molar-refractivity contribution is 9.10. The van der Waals surface area contributed by atoms with Crippen molar-refractivity contribution < 1.29 is 10.2 Å². The van der Waals surface area contributed by atoms with Gasteiger partial charge >= 0.3 is 0 Å². The van der Waals surface area contributed by atoms with Crippen molar-refractivity contribution in [3.63, 3.8) is 0 Å². The Morgan fingerprint density at radius 3 is 2.44 bits per heavy atom. The molecule has 2 rings (SSSR count). The van der Waals surface area contributed by atoms with Gasteiger partial charge in [0.05, 0.1) is 6.10 Å². The number of halogens is 1. The van der Waals surface area contributed by atoms with Gasteiger partial charge in [-0.1, -0.05) is 28.1 Å². The van der Waals surface area contributed by atoms with Crippen LogP contribution in [0.15, 0.2) is 46.9 Å². The van der Waals surface area contributed by atoms with Crippen LogP contribution in [0.4, 0.5) is 5.69 Å². The van der Waals surface area contributed by atoms with Gasteiger partial charge in [-0.15, -0.1) is 0 Å². The largest absolute Gasteiger partial charge is 0.508 e. The molecule has 0 bridgehead atoms. The third kappa shape index (κ3) is 3.03. The van der Waals surface area contributed by atoms with E-state index in [9.17, 15) is 10.2 Å². The lowest BCUT2D eigenvalue weighted by Gasteiger charge is -2.14. The number of aliphatic hydroxyl groups is 1. The second-order valence-electron chi connectivity index (χ2n) is 4.16. The Labute approximate surface area is 114 Å². The van der Waals surface area contributed by atoms with Gasteiger partial charge in [-0.2, -0.15) is 0 Å². The molecule has 3 nitrogen and oxygen atoms in total. The number of benzene rings is 2. The van der Waals surface area contributed by atoms with Crippen molar-refractivity contribution in [2.45, 2.75) is 12.5 Å². The molecule has 18 heavy (non-hydrogen) atoms. The van der Waals surface area contributed by atoms with E-state index in [-0.39, 0.29) is 5.75 Å². The van der Waals surface area contributed by atoms with Crippen LogP contribution < -0.4 is 5.73 Å². The Kier molecular flexibility index (Phi) is 3.89. The molecule has 4 heteroatoms. The molecule has 0 fully saturated rings. The predicted octanol–water partition coefficient (Wildman–Crippen LogP) is 3.01. The van der Waals surface area contributed by atoms with E-state index in [1.807, 2.05) is 12.1 Å². The van der Waals surface area contributed by atoms with Crippen molar-refractivity contribution in [1.82, 2.24) is 0 Å². The zero-order valence-electron chi connectivity index (χ0n) is 9.68. The van der Waals surface area contributed by atoms with Crippen LogP contribution >= 0.6 is 15.9 Å². The SMILES string of the molecule is Nc1ccc(Br)cc1C(O)Cc1ccc(O)cc1. The van der Waals surface area contributed by atoms with Crippen molar-refractivity contribution in [2.75, 3.05) is 5.73 Å². The first-order valence-electron chi connectivity index (χ1n) is 5.57. The molecule has 2 aromatic rings. The Morgan fingerprint density at radius 1 is 1.11 bits per heavy atom. The van der Waals surface area contributed by atoms with Crippen molar-refractivity contribution in [1.29, 1.82) is 0 Å². The molecule has 0 radical (unpaired) electrons. The molecule has 4 N–H and O–H groups in total. The smallest absolute Gasteiger partial charge is 0.115 e. The molecule has 0 aliphatic heterocycles. The van der Waals surface area contributed by atoms with Crippen LogP contribution in [0, 0.1) is 0 Å². The van der Waals surface area contributed by atoms with E-state index in [2.05, 4.69) is 15.9 Å². The molecular weight excluding hydrogens is 294 g/mol. The molecule has 0 spiro atoms. The van der Waals surface area contributed by atoms with Crippen molar-refractivity contribution in [2.24, 2.45) is 0 Å². The number of aliphatic hydroxyl groups excluding tert-OH is 1. The van der Waals surface area contributed by atoms with E-state index in [1.54, 1.807) is 30.3 Å². The Bertz CT molecular complexity index is 540. The van der Waals surface area contributed by atoms with Gasteiger partial charge in [0.2, 0.25) is 0 Å². The first-order valence-corrected chi connectivity index (χ1v) is 6.36. The van der Waals surface area contributed by atoms with E-state index < -0.39 is 6.10 Å². The van der Waals surface area contributed by atoms with Crippen LogP contribution in [0.25, 0.3) is 0 Å². The van der Waals surface area contributed by atoms with Crippen molar-refractivity contribution >= 4 is 21.6 Å². The van der Waals surface area contributed by atoms with Gasteiger partial charge in [0.15, 0.2) is 0 Å². The second-order valence-corrected chi connectivity index (χ2v) is 5.08. The molecule has 0 amide bonds. The van der Waals surface area contributed by atoms with Crippen LogP contribution in [-0.2, 0) is 6.42 Å². The summed E-state index contributed by atoms with van der Waals surface area (Å²) in [7, 11) is 0. The van der Waals surface area contributed by atoms with Gasteiger partial charge in [-0.25, -0.2) is 0 Å². The fraction of sp³-hybridized carbons (Fsp3) is 0.143. The average Bonchev–Trinajstić information content (AvgIpc) is 2.35. The van der Waals surface area contributed by atoms with E-state index in [4.69, 9.17) is 5.73 Å². The van der Waals surface area contributed by atoms with Crippen molar-refractivity contribution in [3.05, 3.63) is 58.1 Å². The summed E-state index contributed by atoms with van der Waals surface area (Å²) in [5.74, 6) is 0.218. The maximum atomic E-state index is 10.2. The number of phenolic OH excluding ortho intramolecular Hbond substituents is 1. The van der Waals surface area contributed by atoms with E-state index in [1.165, 1.54) is 0 Å². The highest BCUT2D eigenvalue weighted by Gasteiger charge is 2.12. The molecule has 94 valence electrons. The van der Waals surface area contributed by atoms with Gasteiger partial charge in [-0.05, 0) is 35.9 Å². The van der Waals surface area contributed by atoms with Gasteiger partial charge in [0.25, 0.3) is 0 Å². The first-order chi connectivity index (χ1) is 8.56. The Morgan fingerprint density at radius 2 is 1.78 bits per heavy atom. The summed E-state index contributed by atoms with van der Waals surface area (Å²) < 4.78 is 0.886. The number of anilines is 1. The monoisotopic (exact) mass is 307 g/mol. The van der Waals surface area contributed by atoms with Crippen LogP contribution in [0.3, 0.4) is 0 Å². The summed E-state index contributed by atoms with van der Waals surface area (Å²) in [6.07, 6.45) is -0.201. The van der Waals surface area contributed by atoms with Crippen molar-refractivity contribution in [3.8, 4) is 5.75 Å². The highest BCUT2D eigenvalue weighted by Crippen LogP contribution is 2.27. The lowest BCUT2D eigenvalue weighted by molar-refractivity contribution is 0.179. The molecule has 0 heterocycles. The van der Waals surface area contributed by atoms with Gasteiger partial charge in [0.1, 0.15) is 5.75 Å². The number of aromatic hydroxyl groups is 1. The molecule has 0 saturated carbocycles. The zero-order valence-corrected chi connectivity index (χ0v) is 11.3. The summed E-state index contributed by atoms with van der Waals surface area (Å²) >= 11 is 3.36. The molecule has 2 aromatic carbocycles. The summed E-state index contributed by atoms with van der Waals surface area (Å²) in [5.41, 5.74) is 8.07. The molecule has 0 aromatic heterocycles. The maximum absolute atomic E-state index is 10.2. The Balaban J connectivity index is 2.18. The number of phenols is 1. The zero-order chi connectivity index (χ0) is 13.1. The number of rotatable bonds is 3. The van der Waals surface area contributed by atoms with Crippen LogP contribution in [0.2, 0.25) is 0 Å². The minimum atomic E-state index is -0.660. The number of hydrogen-bond donors (Lipinski definition) is 3. The quantitative estimate of drug-likeness (QED) is 0.764. The molecule has 1 unspecified atom stereocenters. The van der Waals surface area contributed by atoms with Crippen LogP contribution in [-0.4, -0.2) is 10.2 Å². The Hall–Kier alpha value is -1.52. The van der Waals surface area contributed by atoms with E-state index in [0.717, 1.165) is 10.0 Å². The first kappa shape index (κ1) is 12.9. The van der Waals surface area contributed by atoms with Gasteiger partial charge in [0, 0.05) is 22.1 Å². The number of nitrogens with two attached hydrogens (primary N) is 1.